The maximum atomic E-state index is 2.66. The van der Waals surface area contributed by atoms with Gasteiger partial charge in [0.05, 0.1) is 27.8 Å². The minimum atomic E-state index is -0.232. The Morgan fingerprint density at radius 3 is 0.917 bits per heavy atom. The van der Waals surface area contributed by atoms with E-state index in [4.69, 9.17) is 0 Å². The fraction of sp³-hybridized carbons (Fsp3) is 0.172. The SMILES string of the molecule is CC(C)(C)c1ccc(-c2ccc3c(c2)B2c4ccc(-n5c6ccc(-c7ccccc7)cc6c6cc(-c7ccccc7)ccc65)cc4N(c4ccc(-c5ccc6c(c5)C(C)(C)CCC6(C)C)cc4)c4cc(-n5c6ccc(-c7ccccc7)cc6c6cc(-c7ccccc7)ccc65)cc(c42)N3c2ccc(-c3ccc4c(c3)C(C)(C)CCC4(C)C)cc2)cc1. The van der Waals surface area contributed by atoms with Gasteiger partial charge in [0.2, 0.25) is 0 Å². The van der Waals surface area contributed by atoms with E-state index in [1.54, 1.807) is 0 Å². The Kier molecular flexibility index (Phi) is 17.0. The molecule has 0 saturated carbocycles. The van der Waals surface area contributed by atoms with E-state index in [9.17, 15) is 0 Å². The van der Waals surface area contributed by atoms with Gasteiger partial charge < -0.3 is 18.9 Å². The molecule has 0 radical (unpaired) electrons. The Morgan fingerprint density at radius 2 is 0.529 bits per heavy atom. The third-order valence-corrected chi connectivity index (χ3v) is 28.2. The van der Waals surface area contributed by atoms with Crippen molar-refractivity contribution in [1.29, 1.82) is 0 Å². The Balaban J connectivity index is 0.830. The van der Waals surface area contributed by atoms with Gasteiger partial charge in [-0.3, -0.25) is 0 Å². The fourth-order valence-corrected chi connectivity index (χ4v) is 21.1. The third-order valence-electron chi connectivity index (χ3n) is 28.2. The molecule has 2 aliphatic carbocycles. The van der Waals surface area contributed by atoms with Gasteiger partial charge >= 0.3 is 0 Å². The summed E-state index contributed by atoms with van der Waals surface area (Å²) in [6, 6.07) is 135. The van der Waals surface area contributed by atoms with Crippen LogP contribution in [-0.4, -0.2) is 15.8 Å². The van der Waals surface area contributed by atoms with Crippen LogP contribution in [0, 0.1) is 0 Å². The molecule has 18 aromatic rings. The Morgan fingerprint density at radius 1 is 0.231 bits per heavy atom. The molecule has 0 fully saturated rings. The second kappa shape index (κ2) is 27.7. The molecule has 22 rings (SSSR count). The molecular formula is C116H99BN4. The van der Waals surface area contributed by atoms with Gasteiger partial charge in [0.1, 0.15) is 0 Å². The smallest absolute Gasteiger partial charge is 0.252 e. The Labute approximate surface area is 712 Å². The zero-order chi connectivity index (χ0) is 82.2. The minimum Gasteiger partial charge on any atom is -0.311 e. The summed E-state index contributed by atoms with van der Waals surface area (Å²) in [5.74, 6) is 0. The summed E-state index contributed by atoms with van der Waals surface area (Å²) in [6.45, 7) is 26.2. The number of hydrogen-bond donors (Lipinski definition) is 0. The lowest BCUT2D eigenvalue weighted by molar-refractivity contribution is 0.332. The molecule has 4 nitrogen and oxygen atoms in total. The van der Waals surface area contributed by atoms with Gasteiger partial charge in [-0.05, 0) is 278 Å². The molecule has 0 atom stereocenters. The highest BCUT2D eigenvalue weighted by atomic mass is 15.2. The summed E-state index contributed by atoms with van der Waals surface area (Å²) in [4.78, 5) is 5.28. The molecule has 586 valence electrons. The quantitative estimate of drug-likeness (QED) is 0.120. The highest BCUT2D eigenvalue weighted by Crippen LogP contribution is 2.53. The first-order valence-corrected chi connectivity index (χ1v) is 43.6. The van der Waals surface area contributed by atoms with Crippen LogP contribution in [0.1, 0.15) is 130 Å². The first-order chi connectivity index (χ1) is 58.6. The molecule has 0 bridgehead atoms. The van der Waals surface area contributed by atoms with E-state index in [2.05, 4.69) is 447 Å². The minimum absolute atomic E-state index is 0.00575. The number of benzene rings is 16. The normalized spacial score (nSPS) is 15.3. The van der Waals surface area contributed by atoms with E-state index in [1.165, 1.54) is 156 Å². The maximum absolute atomic E-state index is 2.66. The molecule has 0 saturated heterocycles. The molecule has 121 heavy (non-hydrogen) atoms. The molecule has 0 unspecified atom stereocenters. The van der Waals surface area contributed by atoms with Crippen LogP contribution in [0.4, 0.5) is 34.1 Å². The number of fused-ring (bicyclic) bond motifs is 12. The zero-order valence-corrected chi connectivity index (χ0v) is 71.2. The molecule has 0 amide bonds. The van der Waals surface area contributed by atoms with Crippen molar-refractivity contribution in [2.75, 3.05) is 9.80 Å². The molecule has 2 aromatic heterocycles. The van der Waals surface area contributed by atoms with E-state index in [-0.39, 0.29) is 33.8 Å². The number of rotatable bonds is 11. The van der Waals surface area contributed by atoms with Gasteiger partial charge in [0.15, 0.2) is 0 Å². The number of aromatic nitrogens is 2. The van der Waals surface area contributed by atoms with Crippen LogP contribution >= 0.6 is 0 Å². The summed E-state index contributed by atoms with van der Waals surface area (Å²) in [7, 11) is 0. The van der Waals surface area contributed by atoms with E-state index in [0.717, 1.165) is 80.4 Å². The lowest BCUT2D eigenvalue weighted by atomic mass is 9.33. The summed E-state index contributed by atoms with van der Waals surface area (Å²) in [5, 5.41) is 4.81. The molecular weight excluding hydrogens is 1460 g/mol. The van der Waals surface area contributed by atoms with Crippen molar-refractivity contribution in [1.82, 2.24) is 9.13 Å². The predicted molar refractivity (Wildman–Crippen MR) is 516 cm³/mol. The standard InChI is InChI=1S/C116H99BN4/c1-112(2,3)88-45-32-78(33-46-88)87-44-59-107-102(70-87)117-101-54-51-91(120-103-55-40-81(74-24-16-12-17-25-74)64-93(103)94-65-82(41-56-104(94)120)75-26-18-13-19-27-75)71-108(101)119(90-49-36-80(37-50-90)86-39-53-98-100(69-86)116(10,11)63-61-114(98,6)7)110-73-92(72-109(111(110)117)118(107)89-47-34-79(35-48-89)85-38-52-97-99(68-85)115(8,9)62-60-113(97,4)5)121-105-57-42-83(76-28-20-14-21-29-76)66-95(105)96-67-84(43-58-106(96)121)77-30-22-15-23-31-77/h12-59,64-73H,60-63H2,1-11H3. The van der Waals surface area contributed by atoms with Gasteiger partial charge in [-0.15, -0.1) is 0 Å². The lowest BCUT2D eigenvalue weighted by Gasteiger charge is -2.44. The van der Waals surface area contributed by atoms with Crippen molar-refractivity contribution in [3.63, 3.8) is 0 Å². The van der Waals surface area contributed by atoms with Crippen molar-refractivity contribution < 1.29 is 0 Å². The van der Waals surface area contributed by atoms with Gasteiger partial charge in [-0.2, -0.15) is 0 Å². The Hall–Kier alpha value is -13.2. The van der Waals surface area contributed by atoms with Crippen molar-refractivity contribution in [2.45, 2.75) is 129 Å². The average molecular weight is 1560 g/mol. The maximum Gasteiger partial charge on any atom is 0.252 e. The summed E-state index contributed by atoms with van der Waals surface area (Å²) in [6.07, 6.45) is 4.65. The molecule has 4 heterocycles. The molecule has 5 heteroatoms. The molecule has 2 aliphatic heterocycles. The van der Waals surface area contributed by atoms with E-state index in [1.807, 2.05) is 0 Å². The monoisotopic (exact) mass is 1560 g/mol. The van der Waals surface area contributed by atoms with Crippen LogP contribution in [0.15, 0.2) is 352 Å². The van der Waals surface area contributed by atoms with E-state index >= 15 is 0 Å². The van der Waals surface area contributed by atoms with E-state index in [0.29, 0.717) is 0 Å². The largest absolute Gasteiger partial charge is 0.311 e. The first kappa shape index (κ1) is 74.1. The third kappa shape index (κ3) is 12.3. The van der Waals surface area contributed by atoms with Crippen LogP contribution in [-0.2, 0) is 27.1 Å². The molecule has 16 aromatic carbocycles. The molecule has 0 N–H and O–H groups in total. The second-order valence-corrected chi connectivity index (χ2v) is 38.6. The van der Waals surface area contributed by atoms with Crippen molar-refractivity contribution in [3.8, 4) is 89.3 Å². The van der Waals surface area contributed by atoms with Crippen LogP contribution in [0.3, 0.4) is 0 Å². The number of hydrogen-bond acceptors (Lipinski definition) is 2. The summed E-state index contributed by atoms with van der Waals surface area (Å²) >= 11 is 0. The topological polar surface area (TPSA) is 16.3 Å². The van der Waals surface area contributed by atoms with Crippen LogP contribution in [0.2, 0.25) is 0 Å². The first-order valence-electron chi connectivity index (χ1n) is 43.6. The van der Waals surface area contributed by atoms with E-state index < -0.39 is 0 Å². The number of nitrogens with zero attached hydrogens (tertiary/aromatic N) is 4. The van der Waals surface area contributed by atoms with Gasteiger partial charge in [0, 0.05) is 61.4 Å². The van der Waals surface area contributed by atoms with Crippen molar-refractivity contribution in [2.24, 2.45) is 0 Å². The average Bonchev–Trinajstić information content (AvgIpc) is 1.51. The van der Waals surface area contributed by atoms with Crippen molar-refractivity contribution in [3.05, 3.63) is 380 Å². The van der Waals surface area contributed by atoms with Gasteiger partial charge in [-0.25, -0.2) is 0 Å². The van der Waals surface area contributed by atoms with Gasteiger partial charge in [0.25, 0.3) is 6.71 Å². The van der Waals surface area contributed by atoms with Crippen LogP contribution in [0.5, 0.6) is 0 Å². The molecule has 4 aliphatic rings. The predicted octanol–water partition coefficient (Wildman–Crippen LogP) is 29.6. The van der Waals surface area contributed by atoms with Crippen LogP contribution in [0.25, 0.3) is 133 Å². The van der Waals surface area contributed by atoms with Crippen molar-refractivity contribution >= 4 is 101 Å². The highest BCUT2D eigenvalue weighted by molar-refractivity contribution is 7.00. The lowest BCUT2D eigenvalue weighted by Crippen LogP contribution is -2.61. The molecule has 0 spiro atoms. The van der Waals surface area contributed by atoms with Crippen LogP contribution < -0.4 is 26.2 Å². The second-order valence-electron chi connectivity index (χ2n) is 38.6. The summed E-state index contributed by atoms with van der Waals surface area (Å²) in [5.41, 5.74) is 41.5. The highest BCUT2D eigenvalue weighted by Gasteiger charge is 2.46. The summed E-state index contributed by atoms with van der Waals surface area (Å²) < 4.78 is 5.13. The Bertz CT molecular complexity index is 7000. The van der Waals surface area contributed by atoms with Gasteiger partial charge in [-0.1, -0.05) is 325 Å². The number of anilines is 6. The zero-order valence-electron chi connectivity index (χ0n) is 71.2. The fourth-order valence-electron chi connectivity index (χ4n) is 21.1.